The third-order valence-corrected chi connectivity index (χ3v) is 3.36. The van der Waals surface area contributed by atoms with E-state index in [0.717, 1.165) is 12.8 Å². The van der Waals surface area contributed by atoms with E-state index in [1.54, 1.807) is 0 Å². The molecule has 0 aromatic heterocycles. The third-order valence-electron chi connectivity index (χ3n) is 3.36. The van der Waals surface area contributed by atoms with Gasteiger partial charge in [-0.3, -0.25) is 0 Å². The monoisotopic (exact) mass is 169 g/mol. The Balaban J connectivity index is 1.96. The highest BCUT2D eigenvalue weighted by Crippen LogP contribution is 2.52. The number of likely N-dealkylation sites (tertiary alicyclic amines) is 1. The van der Waals surface area contributed by atoms with Gasteiger partial charge in [-0.05, 0) is 51.6 Å². The van der Waals surface area contributed by atoms with Crippen LogP contribution in [0.2, 0.25) is 0 Å². The average Bonchev–Trinajstić information content (AvgIpc) is 1.81. The van der Waals surface area contributed by atoms with Crippen molar-refractivity contribution in [2.75, 3.05) is 20.1 Å². The van der Waals surface area contributed by atoms with Crippen molar-refractivity contribution in [2.45, 2.75) is 38.2 Å². The lowest BCUT2D eigenvalue weighted by atomic mass is 9.57. The van der Waals surface area contributed by atoms with Gasteiger partial charge in [0.15, 0.2) is 0 Å². The second-order valence-corrected chi connectivity index (χ2v) is 5.19. The Hall–Kier alpha value is -0.0800. The van der Waals surface area contributed by atoms with Crippen molar-refractivity contribution < 1.29 is 5.11 Å². The van der Waals surface area contributed by atoms with Crippen LogP contribution < -0.4 is 0 Å². The molecular formula is C10H19NO. The minimum atomic E-state index is -0.349. The maximum atomic E-state index is 9.70. The van der Waals surface area contributed by atoms with Gasteiger partial charge in [0.2, 0.25) is 0 Å². The molecular weight excluding hydrogens is 150 g/mol. The molecule has 0 amide bonds. The van der Waals surface area contributed by atoms with Crippen LogP contribution in [-0.4, -0.2) is 35.7 Å². The molecule has 0 aromatic rings. The molecule has 0 atom stereocenters. The van der Waals surface area contributed by atoms with Crippen LogP contribution in [-0.2, 0) is 0 Å². The molecule has 2 aliphatic rings. The summed E-state index contributed by atoms with van der Waals surface area (Å²) < 4.78 is 0. The normalized spacial score (nSPS) is 49.2. The van der Waals surface area contributed by atoms with E-state index in [2.05, 4.69) is 11.9 Å². The highest BCUT2D eigenvalue weighted by molar-refractivity contribution is 5.04. The molecule has 2 heteroatoms. The van der Waals surface area contributed by atoms with E-state index in [9.17, 15) is 5.11 Å². The van der Waals surface area contributed by atoms with Gasteiger partial charge in [0, 0.05) is 6.54 Å². The molecule has 0 aromatic carbocycles. The fraction of sp³-hybridized carbons (Fsp3) is 1.00. The first-order chi connectivity index (χ1) is 5.52. The smallest absolute Gasteiger partial charge is 0.0631 e. The van der Waals surface area contributed by atoms with E-state index < -0.39 is 0 Å². The Morgan fingerprint density at radius 2 is 2.00 bits per heavy atom. The van der Waals surface area contributed by atoms with Crippen molar-refractivity contribution in [3.05, 3.63) is 0 Å². The molecule has 1 aliphatic carbocycles. The van der Waals surface area contributed by atoms with Gasteiger partial charge >= 0.3 is 0 Å². The zero-order valence-corrected chi connectivity index (χ0v) is 8.14. The van der Waals surface area contributed by atoms with Crippen molar-refractivity contribution in [2.24, 2.45) is 5.41 Å². The van der Waals surface area contributed by atoms with Gasteiger partial charge < -0.3 is 10.0 Å². The molecule has 70 valence electrons. The minimum Gasteiger partial charge on any atom is -0.390 e. The second kappa shape index (κ2) is 2.46. The zero-order valence-electron chi connectivity index (χ0n) is 8.14. The highest BCUT2D eigenvalue weighted by Gasteiger charge is 2.51. The number of hydrogen-bond acceptors (Lipinski definition) is 2. The van der Waals surface area contributed by atoms with Gasteiger partial charge in [0.25, 0.3) is 0 Å². The summed E-state index contributed by atoms with van der Waals surface area (Å²) in [5, 5.41) is 9.70. The van der Waals surface area contributed by atoms with Crippen LogP contribution in [0.3, 0.4) is 0 Å². The van der Waals surface area contributed by atoms with Gasteiger partial charge in [-0.1, -0.05) is 0 Å². The number of nitrogens with zero attached hydrogens (tertiary/aromatic N) is 1. The molecule has 0 unspecified atom stereocenters. The Kier molecular flexibility index (Phi) is 1.74. The lowest BCUT2D eigenvalue weighted by Crippen LogP contribution is -2.56. The van der Waals surface area contributed by atoms with E-state index >= 15 is 0 Å². The van der Waals surface area contributed by atoms with Crippen LogP contribution in [0, 0.1) is 5.41 Å². The highest BCUT2D eigenvalue weighted by atomic mass is 16.3. The molecule has 1 saturated carbocycles. The van der Waals surface area contributed by atoms with Crippen molar-refractivity contribution >= 4 is 0 Å². The molecule has 0 radical (unpaired) electrons. The van der Waals surface area contributed by atoms with E-state index in [1.165, 1.54) is 25.9 Å². The minimum absolute atomic E-state index is 0.349. The van der Waals surface area contributed by atoms with Crippen molar-refractivity contribution in [1.29, 1.82) is 0 Å². The van der Waals surface area contributed by atoms with Crippen LogP contribution in [0.5, 0.6) is 0 Å². The van der Waals surface area contributed by atoms with Crippen LogP contribution in [0.15, 0.2) is 0 Å². The van der Waals surface area contributed by atoms with E-state index in [-0.39, 0.29) is 5.60 Å². The molecule has 0 bridgehead atoms. The molecule has 2 rings (SSSR count). The van der Waals surface area contributed by atoms with Crippen LogP contribution >= 0.6 is 0 Å². The van der Waals surface area contributed by atoms with Gasteiger partial charge in [-0.2, -0.15) is 0 Å². The number of aliphatic hydroxyl groups is 1. The second-order valence-electron chi connectivity index (χ2n) is 5.19. The summed E-state index contributed by atoms with van der Waals surface area (Å²) in [7, 11) is 2.19. The molecule has 1 aliphatic heterocycles. The van der Waals surface area contributed by atoms with Gasteiger partial charge in [0.05, 0.1) is 5.60 Å². The topological polar surface area (TPSA) is 23.5 Å². The van der Waals surface area contributed by atoms with Gasteiger partial charge in [-0.15, -0.1) is 0 Å². The SMILES string of the molecule is CN1CCC[C@]2(C1)C[C@](C)(O)C2. The summed E-state index contributed by atoms with van der Waals surface area (Å²) in [6.07, 6.45) is 4.68. The lowest BCUT2D eigenvalue weighted by molar-refractivity contribution is -0.138. The first-order valence-electron chi connectivity index (χ1n) is 4.92. The van der Waals surface area contributed by atoms with E-state index in [0.29, 0.717) is 5.41 Å². The Morgan fingerprint density at radius 1 is 1.33 bits per heavy atom. The van der Waals surface area contributed by atoms with Crippen LogP contribution in [0.25, 0.3) is 0 Å². The largest absolute Gasteiger partial charge is 0.390 e. The molecule has 12 heavy (non-hydrogen) atoms. The standard InChI is InChI=1S/C10H19NO/c1-9(12)6-10(7-9)4-3-5-11(2)8-10/h12H,3-8H2,1-2H3/t9-,10-. The van der Waals surface area contributed by atoms with Crippen molar-refractivity contribution in [3.63, 3.8) is 0 Å². The Morgan fingerprint density at radius 3 is 2.50 bits per heavy atom. The number of hydrogen-bond donors (Lipinski definition) is 1. The predicted molar refractivity (Wildman–Crippen MR) is 49.0 cm³/mol. The van der Waals surface area contributed by atoms with Crippen molar-refractivity contribution in [1.82, 2.24) is 4.90 Å². The summed E-state index contributed by atoms with van der Waals surface area (Å²) >= 11 is 0. The zero-order chi connectivity index (χ0) is 8.82. The van der Waals surface area contributed by atoms with E-state index in [4.69, 9.17) is 0 Å². The van der Waals surface area contributed by atoms with Crippen LogP contribution in [0.4, 0.5) is 0 Å². The maximum absolute atomic E-state index is 9.70. The number of piperidine rings is 1. The quantitative estimate of drug-likeness (QED) is 0.590. The lowest BCUT2D eigenvalue weighted by Gasteiger charge is -2.55. The number of rotatable bonds is 0. The summed E-state index contributed by atoms with van der Waals surface area (Å²) in [6.45, 7) is 4.40. The average molecular weight is 169 g/mol. The van der Waals surface area contributed by atoms with E-state index in [1.807, 2.05) is 6.92 Å². The summed E-state index contributed by atoms with van der Waals surface area (Å²) in [5.74, 6) is 0. The van der Waals surface area contributed by atoms with Gasteiger partial charge in [0.1, 0.15) is 0 Å². The van der Waals surface area contributed by atoms with Crippen LogP contribution in [0.1, 0.15) is 32.6 Å². The molecule has 1 spiro atoms. The first-order valence-corrected chi connectivity index (χ1v) is 4.92. The summed E-state index contributed by atoms with van der Waals surface area (Å²) in [4.78, 5) is 2.40. The molecule has 2 nitrogen and oxygen atoms in total. The fourth-order valence-corrected chi connectivity index (χ4v) is 3.31. The predicted octanol–water partition coefficient (Wildman–Crippen LogP) is 1.24. The third kappa shape index (κ3) is 1.38. The molecule has 1 saturated heterocycles. The van der Waals surface area contributed by atoms with Gasteiger partial charge in [-0.25, -0.2) is 0 Å². The Labute approximate surface area is 74.6 Å². The Bertz CT molecular complexity index is 175. The fourth-order valence-electron chi connectivity index (χ4n) is 3.31. The first kappa shape index (κ1) is 8.52. The van der Waals surface area contributed by atoms with Crippen molar-refractivity contribution in [3.8, 4) is 0 Å². The molecule has 2 fully saturated rings. The summed E-state index contributed by atoms with van der Waals surface area (Å²) in [6, 6.07) is 0. The molecule has 1 N–H and O–H groups in total. The summed E-state index contributed by atoms with van der Waals surface area (Å²) in [5.41, 5.74) is 0.134. The maximum Gasteiger partial charge on any atom is 0.0631 e. The molecule has 1 heterocycles.